The van der Waals surface area contributed by atoms with E-state index in [0.717, 1.165) is 22.3 Å². The molecule has 0 fully saturated rings. The summed E-state index contributed by atoms with van der Waals surface area (Å²) in [5.74, 6) is 0.0114. The lowest BCUT2D eigenvalue weighted by Crippen LogP contribution is -2.44. The van der Waals surface area contributed by atoms with Crippen molar-refractivity contribution in [2.45, 2.75) is 90.8 Å². The van der Waals surface area contributed by atoms with Crippen LogP contribution in [0, 0.1) is 0 Å². The molecule has 4 aromatic carbocycles. The lowest BCUT2D eigenvalue weighted by molar-refractivity contribution is 0.0495. The molecule has 21 heteroatoms. The van der Waals surface area contributed by atoms with Crippen LogP contribution in [0.4, 0.5) is 32.9 Å². The summed E-state index contributed by atoms with van der Waals surface area (Å²) in [6.45, 7) is 15.7. The average Bonchev–Trinajstić information content (AvgIpc) is 2.20. The number of amides is 4. The lowest BCUT2D eigenvalue weighted by Gasteiger charge is -2.25. The van der Waals surface area contributed by atoms with Crippen LogP contribution in [0.1, 0.15) is 90.1 Å². The first-order chi connectivity index (χ1) is 41.6. The Morgan fingerprint density at radius 3 is 1.38 bits per heavy atom. The van der Waals surface area contributed by atoms with Crippen molar-refractivity contribution >= 4 is 69.3 Å². The highest BCUT2D eigenvalue weighted by Crippen LogP contribution is 2.37. The van der Waals surface area contributed by atoms with E-state index < -0.39 is 28.9 Å². The molecular formula is C66H69BrN12O8. The van der Waals surface area contributed by atoms with Gasteiger partial charge in [0.05, 0.1) is 36.3 Å². The second-order valence-corrected chi connectivity index (χ2v) is 23.8. The van der Waals surface area contributed by atoms with Crippen LogP contribution in [0.5, 0.6) is 0 Å². The Morgan fingerprint density at radius 1 is 0.575 bits per heavy atom. The summed E-state index contributed by atoms with van der Waals surface area (Å²) in [6, 6.07) is 36.9. The van der Waals surface area contributed by atoms with Crippen molar-refractivity contribution in [3.8, 4) is 22.5 Å². The molecule has 0 saturated carbocycles. The maximum absolute atomic E-state index is 14.1. The number of fused-ring (bicyclic) bond motifs is 2. The highest BCUT2D eigenvalue weighted by molar-refractivity contribution is 9.10. The number of nitrogens with one attached hydrogen (secondary N) is 4. The number of aromatic nitrogens is 6. The zero-order valence-corrected chi connectivity index (χ0v) is 51.3. The fourth-order valence-electron chi connectivity index (χ4n) is 10.2. The topological polar surface area (TPSA) is 237 Å². The summed E-state index contributed by atoms with van der Waals surface area (Å²) in [5, 5.41) is 12.4. The Bertz CT molecular complexity index is 3960. The Kier molecular flexibility index (Phi) is 18.9. The number of ether oxygens (including phenoxy) is 2. The number of pyridine rings is 2. The molecular weight excluding hydrogens is 1170 g/mol. The van der Waals surface area contributed by atoms with Crippen molar-refractivity contribution in [3.63, 3.8) is 0 Å². The molecule has 0 spiro atoms. The number of alkyl carbamates (subject to hydrolysis) is 2. The third kappa shape index (κ3) is 14.8. The molecule has 0 aliphatic carbocycles. The fraction of sp³-hybridized carbons (Fsp3) is 0.273. The summed E-state index contributed by atoms with van der Waals surface area (Å²) >= 11 is 3.48. The van der Waals surface area contributed by atoms with Gasteiger partial charge in [-0.05, 0) is 128 Å². The number of carbonyl (C=O) groups is 4. The number of hydrogen-bond donors (Lipinski definition) is 4. The highest BCUT2D eigenvalue weighted by Gasteiger charge is 2.37. The lowest BCUT2D eigenvalue weighted by atomic mass is 10.0. The van der Waals surface area contributed by atoms with Gasteiger partial charge in [-0.15, -0.1) is 0 Å². The third-order valence-electron chi connectivity index (χ3n) is 14.2. The van der Waals surface area contributed by atoms with Gasteiger partial charge in [-0.3, -0.25) is 48.1 Å². The molecule has 2 aliphatic rings. The minimum atomic E-state index is -0.658. The zero-order valence-electron chi connectivity index (χ0n) is 49.8. The van der Waals surface area contributed by atoms with Crippen LogP contribution in [-0.2, 0) is 49.5 Å². The number of nitrogens with zero attached hydrogens (tertiary/aromatic N) is 8. The smallest absolute Gasteiger partial charge is 0.407 e. The van der Waals surface area contributed by atoms with Crippen molar-refractivity contribution < 1.29 is 28.7 Å². The van der Waals surface area contributed by atoms with E-state index in [2.05, 4.69) is 53.7 Å². The molecule has 4 amide bonds. The summed E-state index contributed by atoms with van der Waals surface area (Å²) in [6.07, 6.45) is 8.06. The zero-order chi connectivity index (χ0) is 62.2. The van der Waals surface area contributed by atoms with Gasteiger partial charge in [-0.2, -0.15) is 0 Å². The normalized spacial score (nSPS) is 13.3. The number of anilines is 4. The molecule has 2 atom stereocenters. The van der Waals surface area contributed by atoms with Crippen LogP contribution >= 0.6 is 15.9 Å². The first-order valence-corrected chi connectivity index (χ1v) is 29.1. The largest absolute Gasteiger partial charge is 0.444 e. The van der Waals surface area contributed by atoms with E-state index in [-0.39, 0.29) is 78.9 Å². The monoisotopic (exact) mass is 1240 g/mol. The number of benzene rings is 4. The maximum Gasteiger partial charge on any atom is 0.407 e. The van der Waals surface area contributed by atoms with Crippen LogP contribution in [-0.4, -0.2) is 89.4 Å². The van der Waals surface area contributed by atoms with Gasteiger partial charge in [0, 0.05) is 67.6 Å². The van der Waals surface area contributed by atoms with E-state index in [9.17, 15) is 28.8 Å². The van der Waals surface area contributed by atoms with E-state index in [1.165, 1.54) is 18.9 Å². The Hall–Kier alpha value is -9.76. The minimum Gasteiger partial charge on any atom is -0.444 e. The molecule has 4 aromatic heterocycles. The Morgan fingerprint density at radius 2 is 0.977 bits per heavy atom. The van der Waals surface area contributed by atoms with Gasteiger partial charge in [-0.25, -0.2) is 19.6 Å². The Balaban J connectivity index is 0.000000208. The first kappa shape index (κ1) is 61.8. The molecule has 0 unspecified atom stereocenters. The summed E-state index contributed by atoms with van der Waals surface area (Å²) in [5.41, 5.74) is 5.70. The van der Waals surface area contributed by atoms with Gasteiger partial charge in [0.2, 0.25) is 11.9 Å². The van der Waals surface area contributed by atoms with Crippen LogP contribution in [0.2, 0.25) is 0 Å². The number of rotatable bonds is 17. The average molecular weight is 1240 g/mol. The molecule has 0 radical (unpaired) electrons. The van der Waals surface area contributed by atoms with Gasteiger partial charge in [0.1, 0.15) is 34.0 Å². The molecule has 20 nitrogen and oxygen atoms in total. The number of halogens is 1. The van der Waals surface area contributed by atoms with Gasteiger partial charge >= 0.3 is 12.2 Å². The second-order valence-electron chi connectivity index (χ2n) is 22.9. The molecule has 0 bridgehead atoms. The van der Waals surface area contributed by atoms with Crippen LogP contribution in [0.25, 0.3) is 28.6 Å². The van der Waals surface area contributed by atoms with E-state index in [4.69, 9.17) is 19.4 Å². The summed E-state index contributed by atoms with van der Waals surface area (Å²) in [7, 11) is 3.21. The predicted octanol–water partition coefficient (Wildman–Crippen LogP) is 10.5. The van der Waals surface area contributed by atoms with Crippen molar-refractivity contribution in [1.29, 1.82) is 0 Å². The van der Waals surface area contributed by atoms with E-state index in [1.54, 1.807) is 111 Å². The third-order valence-corrected chi connectivity index (χ3v) is 14.8. The quantitative estimate of drug-likeness (QED) is 0.0664. The van der Waals surface area contributed by atoms with Crippen LogP contribution < -0.4 is 42.2 Å². The van der Waals surface area contributed by atoms with Crippen molar-refractivity contribution in [2.24, 2.45) is 14.1 Å². The minimum absolute atomic E-state index is 0.174. The number of carbonyl (C=O) groups excluding carboxylic acids is 4. The Labute approximate surface area is 512 Å². The molecule has 87 heavy (non-hydrogen) atoms. The van der Waals surface area contributed by atoms with Crippen molar-refractivity contribution in [2.75, 3.05) is 33.5 Å². The summed E-state index contributed by atoms with van der Waals surface area (Å²) < 4.78 is 14.5. The molecule has 8 aromatic rings. The molecule has 4 N–H and O–H groups in total. The molecule has 448 valence electrons. The predicted molar refractivity (Wildman–Crippen MR) is 341 cm³/mol. The van der Waals surface area contributed by atoms with Crippen molar-refractivity contribution in [3.05, 3.63) is 217 Å². The molecule has 0 saturated heterocycles. The highest BCUT2D eigenvalue weighted by atomic mass is 79.9. The van der Waals surface area contributed by atoms with Gasteiger partial charge in [-0.1, -0.05) is 104 Å². The van der Waals surface area contributed by atoms with Gasteiger partial charge in [0.15, 0.2) is 0 Å². The first-order valence-electron chi connectivity index (χ1n) is 28.3. The van der Waals surface area contributed by atoms with E-state index >= 15 is 0 Å². The van der Waals surface area contributed by atoms with E-state index in [0.29, 0.717) is 56.5 Å². The van der Waals surface area contributed by atoms with Crippen molar-refractivity contribution in [1.82, 2.24) is 39.7 Å². The van der Waals surface area contributed by atoms with E-state index in [1.807, 2.05) is 97.1 Å². The SMILES string of the molecule is C=Cc1cccc2c1C(=O)N(c1c(-c3ccncc3)nc(NC[C@H](Cc3ccccc3)NC(=O)OC(C)(C)C)n(C)c1=O)C2.Cn1c(NC[C@H](Cc2ccccc2)NC(=O)OC(C)(C)C)nc(-c2ccncc2)c(N2Cc3cccc(Br)c3C2=O)c1=O. The van der Waals surface area contributed by atoms with Crippen LogP contribution in [0.3, 0.4) is 0 Å². The second kappa shape index (κ2) is 26.7. The maximum atomic E-state index is 14.1. The van der Waals surface area contributed by atoms with Crippen LogP contribution in [0.15, 0.2) is 167 Å². The molecule has 6 heterocycles. The fourth-order valence-corrected chi connectivity index (χ4v) is 10.7. The standard InChI is InChI=1S/C34H36N6O4.C32H33BrN6O4/c1-6-23-13-10-14-25-21-40(30(41)27(23)25)29-28(24-15-17-35-18-16-24)38-32(39(5)31(29)42)36-20-26(19-22-11-8-7-9-12-22)37-33(43)44-34(2,3)4;1-32(2,3)43-31(42)36-23(17-20-9-6-5-7-10-20)18-35-30-37-26(21-13-15-34-16-14-21)27(29(41)38(30)4)39-19-22-11-8-12-24(33)25(22)28(39)40/h6-18,26H,1,19-21H2,2-5H3,(H,36,38)(H,37,43);5-16,23H,17-19H2,1-4H3,(H,35,37)(H,36,42)/t26-;23-/m00/s1. The number of hydrogen-bond acceptors (Lipinski definition) is 14. The summed E-state index contributed by atoms with van der Waals surface area (Å²) in [4.78, 5) is 102. The molecule has 10 rings (SSSR count). The molecule has 2 aliphatic heterocycles. The van der Waals surface area contributed by atoms with Gasteiger partial charge < -0.3 is 30.7 Å². The van der Waals surface area contributed by atoms with Gasteiger partial charge in [0.25, 0.3) is 22.9 Å².